The Labute approximate surface area is 132 Å². The molecule has 0 spiro atoms. The minimum atomic E-state index is -0.267. The summed E-state index contributed by atoms with van der Waals surface area (Å²) < 4.78 is 1.94. The molecule has 2 rings (SSSR count). The van der Waals surface area contributed by atoms with E-state index in [-0.39, 0.29) is 11.5 Å². The van der Waals surface area contributed by atoms with Gasteiger partial charge < -0.3 is 10.4 Å². The molecule has 22 heavy (non-hydrogen) atoms. The van der Waals surface area contributed by atoms with Gasteiger partial charge in [-0.2, -0.15) is 5.10 Å². The second kappa shape index (κ2) is 6.75. The molecule has 5 heteroatoms. The highest BCUT2D eigenvalue weighted by Crippen LogP contribution is 2.21. The van der Waals surface area contributed by atoms with Crippen molar-refractivity contribution < 1.29 is 5.11 Å². The Kier molecular flexibility index (Phi) is 5.19. The predicted molar refractivity (Wildman–Crippen MR) is 89.7 cm³/mol. The van der Waals surface area contributed by atoms with Gasteiger partial charge >= 0.3 is 0 Å². The standard InChI is InChI=1S/C17H28N4O/c1-12(2)21-16-15(10-20-21)6-14(9-19-16)8-18-11-17(4,5)7-13(3)22/h6,9-10,12-13,18,22H,7-8,11H2,1-5H3. The van der Waals surface area contributed by atoms with Crippen LogP contribution in [-0.4, -0.2) is 32.5 Å². The first-order valence-corrected chi connectivity index (χ1v) is 7.99. The third kappa shape index (κ3) is 4.27. The molecular formula is C17H28N4O. The molecule has 2 heterocycles. The molecule has 0 aliphatic heterocycles. The van der Waals surface area contributed by atoms with E-state index in [1.54, 1.807) is 0 Å². The quantitative estimate of drug-likeness (QED) is 0.825. The number of aliphatic hydroxyl groups excluding tert-OH is 1. The second-order valence-corrected chi connectivity index (χ2v) is 7.26. The van der Waals surface area contributed by atoms with E-state index in [9.17, 15) is 5.11 Å². The summed E-state index contributed by atoms with van der Waals surface area (Å²) in [5, 5.41) is 18.5. The van der Waals surface area contributed by atoms with Crippen molar-refractivity contribution in [3.05, 3.63) is 24.0 Å². The smallest absolute Gasteiger partial charge is 0.157 e. The van der Waals surface area contributed by atoms with Gasteiger partial charge in [-0.05, 0) is 44.2 Å². The molecule has 2 N–H and O–H groups in total. The van der Waals surface area contributed by atoms with E-state index in [1.165, 1.54) is 0 Å². The zero-order valence-electron chi connectivity index (χ0n) is 14.3. The van der Waals surface area contributed by atoms with Gasteiger partial charge in [0, 0.05) is 30.7 Å². The molecular weight excluding hydrogens is 276 g/mol. The number of aliphatic hydroxyl groups is 1. The van der Waals surface area contributed by atoms with Gasteiger partial charge in [0.1, 0.15) is 0 Å². The molecule has 0 aromatic carbocycles. The molecule has 0 amide bonds. The lowest BCUT2D eigenvalue weighted by Crippen LogP contribution is -2.31. The maximum absolute atomic E-state index is 9.52. The van der Waals surface area contributed by atoms with Crippen LogP contribution in [0, 0.1) is 5.41 Å². The van der Waals surface area contributed by atoms with Crippen LogP contribution in [0.25, 0.3) is 11.0 Å². The fourth-order valence-electron chi connectivity index (χ4n) is 2.88. The van der Waals surface area contributed by atoms with Gasteiger partial charge in [-0.3, -0.25) is 0 Å². The minimum Gasteiger partial charge on any atom is -0.393 e. The van der Waals surface area contributed by atoms with E-state index >= 15 is 0 Å². The van der Waals surface area contributed by atoms with Gasteiger partial charge in [-0.15, -0.1) is 0 Å². The Bertz CT molecular complexity index is 616. The van der Waals surface area contributed by atoms with Gasteiger partial charge in [0.05, 0.1) is 12.3 Å². The Morgan fingerprint density at radius 2 is 2.00 bits per heavy atom. The molecule has 0 aliphatic carbocycles. The fraction of sp³-hybridized carbons (Fsp3) is 0.647. The molecule has 1 atom stereocenters. The number of fused-ring (bicyclic) bond motifs is 1. The fourth-order valence-corrected chi connectivity index (χ4v) is 2.88. The lowest BCUT2D eigenvalue weighted by atomic mass is 9.87. The highest BCUT2D eigenvalue weighted by Gasteiger charge is 2.19. The normalized spacial score (nSPS) is 14.0. The Hall–Kier alpha value is -1.46. The molecule has 2 aromatic heterocycles. The molecule has 0 radical (unpaired) electrons. The SMILES string of the molecule is CC(O)CC(C)(C)CNCc1cnc2c(cnn2C(C)C)c1. The van der Waals surface area contributed by atoms with Gasteiger partial charge in [-0.25, -0.2) is 9.67 Å². The number of aromatic nitrogens is 3. The summed E-state index contributed by atoms with van der Waals surface area (Å²) in [5.74, 6) is 0. The second-order valence-electron chi connectivity index (χ2n) is 7.26. The summed E-state index contributed by atoms with van der Waals surface area (Å²) in [7, 11) is 0. The molecule has 0 aliphatic rings. The van der Waals surface area contributed by atoms with E-state index in [4.69, 9.17) is 0 Å². The summed E-state index contributed by atoms with van der Waals surface area (Å²) in [6, 6.07) is 2.46. The van der Waals surface area contributed by atoms with Crippen LogP contribution >= 0.6 is 0 Å². The van der Waals surface area contributed by atoms with Gasteiger partial charge in [0.25, 0.3) is 0 Å². The van der Waals surface area contributed by atoms with Crippen LogP contribution in [0.1, 0.15) is 52.6 Å². The van der Waals surface area contributed by atoms with Crippen LogP contribution in [0.2, 0.25) is 0 Å². The summed E-state index contributed by atoms with van der Waals surface area (Å²) in [6.07, 6.45) is 4.32. The molecule has 122 valence electrons. The lowest BCUT2D eigenvalue weighted by Gasteiger charge is -2.26. The zero-order valence-corrected chi connectivity index (χ0v) is 14.3. The van der Waals surface area contributed by atoms with Gasteiger partial charge in [-0.1, -0.05) is 13.8 Å². The van der Waals surface area contributed by atoms with Gasteiger partial charge in [0.15, 0.2) is 5.65 Å². The van der Waals surface area contributed by atoms with Crippen molar-refractivity contribution in [2.45, 2.75) is 59.7 Å². The topological polar surface area (TPSA) is 63.0 Å². The van der Waals surface area contributed by atoms with Crippen molar-refractivity contribution in [3.8, 4) is 0 Å². The van der Waals surface area contributed by atoms with Crippen LogP contribution < -0.4 is 5.32 Å². The number of hydrogen-bond acceptors (Lipinski definition) is 4. The summed E-state index contributed by atoms with van der Waals surface area (Å²) in [4.78, 5) is 4.55. The first-order valence-electron chi connectivity index (χ1n) is 7.99. The van der Waals surface area contributed by atoms with Gasteiger partial charge in [0.2, 0.25) is 0 Å². The number of nitrogens with one attached hydrogen (secondary N) is 1. The third-order valence-corrected chi connectivity index (χ3v) is 3.76. The van der Waals surface area contributed by atoms with E-state index in [0.29, 0.717) is 6.04 Å². The molecule has 1 unspecified atom stereocenters. The summed E-state index contributed by atoms with van der Waals surface area (Å²) in [5.41, 5.74) is 2.17. The van der Waals surface area contributed by atoms with Crippen LogP contribution in [0.4, 0.5) is 0 Å². The summed E-state index contributed by atoms with van der Waals surface area (Å²) in [6.45, 7) is 12.0. The zero-order chi connectivity index (χ0) is 16.3. The van der Waals surface area contributed by atoms with Crippen molar-refractivity contribution in [3.63, 3.8) is 0 Å². The monoisotopic (exact) mass is 304 g/mol. The van der Waals surface area contributed by atoms with Crippen molar-refractivity contribution in [2.75, 3.05) is 6.54 Å². The van der Waals surface area contributed by atoms with E-state index in [1.807, 2.05) is 24.0 Å². The highest BCUT2D eigenvalue weighted by molar-refractivity contribution is 5.75. The van der Waals surface area contributed by atoms with E-state index < -0.39 is 0 Å². The van der Waals surface area contributed by atoms with Crippen molar-refractivity contribution >= 4 is 11.0 Å². The van der Waals surface area contributed by atoms with E-state index in [0.717, 1.165) is 36.1 Å². The molecule has 0 saturated heterocycles. The maximum atomic E-state index is 9.52. The van der Waals surface area contributed by atoms with E-state index in [2.05, 4.69) is 49.2 Å². The molecule has 0 fully saturated rings. The highest BCUT2D eigenvalue weighted by atomic mass is 16.3. The minimum absolute atomic E-state index is 0.0776. The van der Waals surface area contributed by atoms with Crippen molar-refractivity contribution in [2.24, 2.45) is 5.41 Å². The van der Waals surface area contributed by atoms with Crippen molar-refractivity contribution in [1.82, 2.24) is 20.1 Å². The van der Waals surface area contributed by atoms with Crippen LogP contribution in [-0.2, 0) is 6.54 Å². The number of rotatable bonds is 7. The average Bonchev–Trinajstić information content (AvgIpc) is 2.79. The number of pyridine rings is 1. The third-order valence-electron chi connectivity index (χ3n) is 3.76. The molecule has 0 bridgehead atoms. The average molecular weight is 304 g/mol. The summed E-state index contributed by atoms with van der Waals surface area (Å²) >= 11 is 0. The van der Waals surface area contributed by atoms with Crippen LogP contribution in [0.5, 0.6) is 0 Å². The van der Waals surface area contributed by atoms with Crippen molar-refractivity contribution in [1.29, 1.82) is 0 Å². The lowest BCUT2D eigenvalue weighted by molar-refractivity contribution is 0.128. The first kappa shape index (κ1) is 16.9. The largest absolute Gasteiger partial charge is 0.393 e. The van der Waals surface area contributed by atoms with Crippen LogP contribution in [0.15, 0.2) is 18.5 Å². The Morgan fingerprint density at radius 1 is 1.27 bits per heavy atom. The molecule has 5 nitrogen and oxygen atoms in total. The molecule has 0 saturated carbocycles. The molecule has 2 aromatic rings. The number of nitrogens with zero attached hydrogens (tertiary/aromatic N) is 3. The number of hydrogen-bond donors (Lipinski definition) is 2. The predicted octanol–water partition coefficient (Wildman–Crippen LogP) is 2.90. The Morgan fingerprint density at radius 3 is 2.64 bits per heavy atom. The Balaban J connectivity index is 1.98. The maximum Gasteiger partial charge on any atom is 0.157 e. The first-order chi connectivity index (χ1) is 10.3. The van der Waals surface area contributed by atoms with Crippen LogP contribution in [0.3, 0.4) is 0 Å².